The zero-order valence-corrected chi connectivity index (χ0v) is 23.2. The van der Waals surface area contributed by atoms with Crippen molar-refractivity contribution in [2.45, 2.75) is 50.4 Å². The summed E-state index contributed by atoms with van der Waals surface area (Å²) in [6.07, 6.45) is 9.27. The fourth-order valence-electron chi connectivity index (χ4n) is 5.43. The number of anilines is 1. The van der Waals surface area contributed by atoms with Crippen LogP contribution < -0.4 is 4.90 Å². The van der Waals surface area contributed by atoms with Crippen molar-refractivity contribution in [2.24, 2.45) is 0 Å². The molecule has 2 aliphatic heterocycles. The maximum absolute atomic E-state index is 12.2. The largest absolute Gasteiger partial charge is 0.377 e. The molecule has 4 aromatic rings. The number of hydrogen-bond acceptors (Lipinski definition) is 9. The van der Waals surface area contributed by atoms with Gasteiger partial charge in [0.1, 0.15) is 17.0 Å². The van der Waals surface area contributed by atoms with Gasteiger partial charge in [0.25, 0.3) is 0 Å². The first-order valence-corrected chi connectivity index (χ1v) is 15.2. The monoisotopic (exact) mass is 548 g/mol. The van der Waals surface area contributed by atoms with Gasteiger partial charge in [0.05, 0.1) is 24.9 Å². The number of morpholine rings is 1. The average Bonchev–Trinajstić information content (AvgIpc) is 3.42. The number of nitrogens with zero attached hydrogens (tertiary/aromatic N) is 6. The van der Waals surface area contributed by atoms with Crippen LogP contribution in [0, 0.1) is 6.92 Å². The molecule has 0 aromatic carbocycles. The third-order valence-corrected chi connectivity index (χ3v) is 8.46. The highest BCUT2D eigenvalue weighted by Crippen LogP contribution is 2.38. The molecule has 0 N–H and O–H groups in total. The Hall–Kier alpha value is -3.41. The highest BCUT2D eigenvalue weighted by molar-refractivity contribution is 7.90. The van der Waals surface area contributed by atoms with Crippen molar-refractivity contribution >= 4 is 26.6 Å². The van der Waals surface area contributed by atoms with E-state index in [4.69, 9.17) is 19.4 Å². The molecule has 0 bridgehead atoms. The number of hydrogen-bond donors (Lipinski definition) is 0. The SMILES string of the molecule is Cc1cc(S(C)(=O)=O)ncc1-c1cc(N2CCOC[C@H]2C)nc2c(-c3ccnn3C3CCCCO3)nccc12. The Balaban J connectivity index is 1.58. The van der Waals surface area contributed by atoms with Gasteiger partial charge in [-0.3, -0.25) is 4.98 Å². The van der Waals surface area contributed by atoms with Crippen LogP contribution in [-0.2, 0) is 19.3 Å². The van der Waals surface area contributed by atoms with Gasteiger partial charge < -0.3 is 14.4 Å². The van der Waals surface area contributed by atoms with Crippen LogP contribution in [0.15, 0.2) is 47.9 Å². The van der Waals surface area contributed by atoms with Crippen LogP contribution in [0.3, 0.4) is 0 Å². The van der Waals surface area contributed by atoms with Gasteiger partial charge in [-0.25, -0.2) is 23.1 Å². The first-order valence-electron chi connectivity index (χ1n) is 13.3. The van der Waals surface area contributed by atoms with Gasteiger partial charge in [-0.1, -0.05) is 0 Å². The molecule has 39 heavy (non-hydrogen) atoms. The normalized spacial score (nSPS) is 20.4. The minimum atomic E-state index is -3.43. The predicted molar refractivity (Wildman–Crippen MR) is 148 cm³/mol. The van der Waals surface area contributed by atoms with Crippen molar-refractivity contribution in [3.05, 3.63) is 48.4 Å². The van der Waals surface area contributed by atoms with Crippen molar-refractivity contribution < 1.29 is 17.9 Å². The first-order chi connectivity index (χ1) is 18.8. The van der Waals surface area contributed by atoms with Crippen LogP contribution >= 0.6 is 0 Å². The van der Waals surface area contributed by atoms with E-state index in [1.807, 2.05) is 23.7 Å². The summed E-state index contributed by atoms with van der Waals surface area (Å²) in [5.41, 5.74) is 4.90. The van der Waals surface area contributed by atoms with Crippen LogP contribution in [0.5, 0.6) is 0 Å². The number of aryl methyl sites for hydroxylation is 1. The molecule has 0 amide bonds. The molecule has 2 saturated heterocycles. The summed E-state index contributed by atoms with van der Waals surface area (Å²) >= 11 is 0. The van der Waals surface area contributed by atoms with Crippen molar-refractivity contribution in [1.29, 1.82) is 0 Å². The molecule has 0 radical (unpaired) electrons. The van der Waals surface area contributed by atoms with Crippen molar-refractivity contribution in [3.8, 4) is 22.5 Å². The molecular formula is C28H32N6O4S. The molecule has 6 rings (SSSR count). The first kappa shape index (κ1) is 25.8. The number of sulfone groups is 1. The minimum absolute atomic E-state index is 0.0582. The van der Waals surface area contributed by atoms with Crippen LogP contribution in [-0.4, -0.2) is 71.8 Å². The Morgan fingerprint density at radius 3 is 2.67 bits per heavy atom. The summed E-state index contributed by atoms with van der Waals surface area (Å²) in [6, 6.07) is 7.75. The van der Waals surface area contributed by atoms with Crippen molar-refractivity contribution in [3.63, 3.8) is 0 Å². The minimum Gasteiger partial charge on any atom is -0.377 e. The van der Waals surface area contributed by atoms with E-state index in [9.17, 15) is 8.42 Å². The zero-order valence-electron chi connectivity index (χ0n) is 22.4. The van der Waals surface area contributed by atoms with Gasteiger partial charge in [-0.2, -0.15) is 5.10 Å². The number of pyridine rings is 3. The van der Waals surface area contributed by atoms with E-state index in [-0.39, 0.29) is 17.3 Å². The Morgan fingerprint density at radius 2 is 1.92 bits per heavy atom. The molecule has 0 spiro atoms. The van der Waals surface area contributed by atoms with E-state index in [2.05, 4.69) is 28.0 Å². The quantitative estimate of drug-likeness (QED) is 0.362. The summed E-state index contributed by atoms with van der Waals surface area (Å²) in [5.74, 6) is 0.814. The second-order valence-corrected chi connectivity index (χ2v) is 12.3. The molecule has 2 fully saturated rings. The third kappa shape index (κ3) is 4.90. The lowest BCUT2D eigenvalue weighted by Crippen LogP contribution is -2.44. The molecule has 1 unspecified atom stereocenters. The topological polar surface area (TPSA) is 112 Å². The standard InChI is InChI=1S/C28H32N6O4S/c1-18-14-25(39(3,35)36)30-16-22(18)21-15-24(33-11-13-37-17-19(33)2)32-27-20(21)7-9-29-28(27)23-8-10-31-34(23)26-6-4-5-12-38-26/h7-10,14-16,19,26H,4-6,11-13,17H2,1-3H3/t19-,26?/m1/s1. The molecule has 4 aromatic heterocycles. The fourth-order valence-corrected chi connectivity index (χ4v) is 6.06. The maximum atomic E-state index is 12.2. The molecular weight excluding hydrogens is 516 g/mol. The lowest BCUT2D eigenvalue weighted by molar-refractivity contribution is -0.0383. The highest BCUT2D eigenvalue weighted by atomic mass is 32.2. The summed E-state index contributed by atoms with van der Waals surface area (Å²) in [6.45, 7) is 6.70. The molecule has 0 saturated carbocycles. The van der Waals surface area contributed by atoms with Gasteiger partial charge in [-0.15, -0.1) is 0 Å². The zero-order chi connectivity index (χ0) is 27.1. The van der Waals surface area contributed by atoms with Crippen LogP contribution in [0.1, 0.15) is 38.0 Å². The number of ether oxygens (including phenoxy) is 2. The Morgan fingerprint density at radius 1 is 1.05 bits per heavy atom. The lowest BCUT2D eigenvalue weighted by atomic mass is 9.98. The predicted octanol–water partition coefficient (Wildman–Crippen LogP) is 4.19. The highest BCUT2D eigenvalue weighted by Gasteiger charge is 2.26. The van der Waals surface area contributed by atoms with Gasteiger partial charge in [0, 0.05) is 48.9 Å². The summed E-state index contributed by atoms with van der Waals surface area (Å²) in [7, 11) is -3.43. The average molecular weight is 549 g/mol. The summed E-state index contributed by atoms with van der Waals surface area (Å²) in [5, 5.41) is 5.56. The molecule has 2 aliphatic rings. The van der Waals surface area contributed by atoms with E-state index >= 15 is 0 Å². The number of fused-ring (bicyclic) bond motifs is 1. The van der Waals surface area contributed by atoms with Crippen LogP contribution in [0.25, 0.3) is 33.4 Å². The van der Waals surface area contributed by atoms with E-state index in [1.54, 1.807) is 24.7 Å². The second kappa shape index (κ2) is 10.3. The Bertz CT molecular complexity index is 1630. The van der Waals surface area contributed by atoms with E-state index in [0.717, 1.165) is 64.1 Å². The van der Waals surface area contributed by atoms with Crippen molar-refractivity contribution in [1.82, 2.24) is 24.7 Å². The molecule has 2 atom stereocenters. The van der Waals surface area contributed by atoms with Crippen molar-refractivity contribution in [2.75, 3.05) is 37.5 Å². The van der Waals surface area contributed by atoms with Gasteiger partial charge in [-0.05, 0) is 68.5 Å². The lowest BCUT2D eigenvalue weighted by Gasteiger charge is -2.34. The smallest absolute Gasteiger partial charge is 0.192 e. The Kier molecular flexibility index (Phi) is 6.82. The molecule has 204 valence electrons. The van der Waals surface area contributed by atoms with E-state index in [1.165, 1.54) is 6.26 Å². The Labute approximate surface area is 227 Å². The number of aromatic nitrogens is 5. The van der Waals surface area contributed by atoms with E-state index < -0.39 is 9.84 Å². The third-order valence-electron chi connectivity index (χ3n) is 7.47. The number of rotatable bonds is 5. The van der Waals surface area contributed by atoms with Gasteiger partial charge >= 0.3 is 0 Å². The van der Waals surface area contributed by atoms with Gasteiger partial charge in [0.2, 0.25) is 0 Å². The van der Waals surface area contributed by atoms with Crippen LogP contribution in [0.2, 0.25) is 0 Å². The molecule has 11 heteroatoms. The maximum Gasteiger partial charge on any atom is 0.192 e. The summed E-state index contributed by atoms with van der Waals surface area (Å²) < 4.78 is 38.0. The second-order valence-electron chi connectivity index (χ2n) is 10.3. The molecule has 0 aliphatic carbocycles. The molecule has 10 nitrogen and oxygen atoms in total. The molecule has 6 heterocycles. The van der Waals surface area contributed by atoms with E-state index in [0.29, 0.717) is 26.4 Å². The van der Waals surface area contributed by atoms with Gasteiger partial charge in [0.15, 0.2) is 21.1 Å². The van der Waals surface area contributed by atoms with Crippen LogP contribution in [0.4, 0.5) is 5.82 Å². The fraction of sp³-hybridized carbons (Fsp3) is 0.429. The summed E-state index contributed by atoms with van der Waals surface area (Å²) in [4.78, 5) is 16.5.